The lowest BCUT2D eigenvalue weighted by Gasteiger charge is -2.35. The van der Waals surface area contributed by atoms with Gasteiger partial charge in [0.2, 0.25) is 5.78 Å². The number of rotatable bonds is 4. The van der Waals surface area contributed by atoms with Crippen molar-refractivity contribution in [2.45, 2.75) is 69.8 Å². The molecule has 2 heterocycles. The zero-order chi connectivity index (χ0) is 19.3. The molecule has 0 saturated carbocycles. The first-order valence-electron chi connectivity index (χ1n) is 9.68. The van der Waals surface area contributed by atoms with Gasteiger partial charge in [-0.25, -0.2) is 14.1 Å². The lowest BCUT2D eigenvalue weighted by molar-refractivity contribution is 0.439. The van der Waals surface area contributed by atoms with Gasteiger partial charge in [-0.15, -0.1) is 5.10 Å². The van der Waals surface area contributed by atoms with Crippen LogP contribution in [0.4, 0.5) is 0 Å². The van der Waals surface area contributed by atoms with Crippen molar-refractivity contribution < 1.29 is 0 Å². The minimum atomic E-state index is -0.219. The predicted molar refractivity (Wildman–Crippen MR) is 111 cm³/mol. The van der Waals surface area contributed by atoms with Crippen LogP contribution in [0.2, 0.25) is 0 Å². The third kappa shape index (κ3) is 2.73. The number of benzene rings is 1. The highest BCUT2D eigenvalue weighted by Gasteiger charge is 2.38. The van der Waals surface area contributed by atoms with Crippen LogP contribution in [0.15, 0.2) is 34.2 Å². The summed E-state index contributed by atoms with van der Waals surface area (Å²) in [5.41, 5.74) is 3.84. The van der Waals surface area contributed by atoms with E-state index in [1.54, 1.807) is 16.2 Å². The topological polar surface area (TPSA) is 52.2 Å². The standard InChI is InChI=1S/C21H26N4OS/c1-6-21(5)12-14-10-8-9-11-15(14)17-16(21)18(26)25-19(22-17)24(7-2)23-20(25)27-13(3)4/h8-11,13H,6-7,12H2,1-5H3/t21-/m1/s1. The summed E-state index contributed by atoms with van der Waals surface area (Å²) in [5, 5.41) is 5.77. The van der Waals surface area contributed by atoms with Gasteiger partial charge in [0, 0.05) is 22.8 Å². The molecule has 27 heavy (non-hydrogen) atoms. The van der Waals surface area contributed by atoms with E-state index in [1.807, 2.05) is 17.7 Å². The molecule has 5 nitrogen and oxygen atoms in total. The summed E-state index contributed by atoms with van der Waals surface area (Å²) in [4.78, 5) is 18.8. The van der Waals surface area contributed by atoms with Crippen LogP contribution >= 0.6 is 11.8 Å². The summed E-state index contributed by atoms with van der Waals surface area (Å²) in [5.74, 6) is 0.638. The van der Waals surface area contributed by atoms with Crippen molar-refractivity contribution in [3.8, 4) is 11.3 Å². The Bertz CT molecular complexity index is 1080. The molecule has 1 atom stereocenters. The van der Waals surface area contributed by atoms with E-state index in [0.29, 0.717) is 17.6 Å². The Morgan fingerprint density at radius 1 is 1.26 bits per heavy atom. The van der Waals surface area contributed by atoms with Gasteiger partial charge >= 0.3 is 0 Å². The van der Waals surface area contributed by atoms with E-state index < -0.39 is 0 Å². The van der Waals surface area contributed by atoms with Crippen LogP contribution in [0.5, 0.6) is 0 Å². The Morgan fingerprint density at radius 2 is 2.00 bits per heavy atom. The average Bonchev–Trinajstić information content (AvgIpc) is 2.98. The SMILES string of the molecule is CCn1nc(SC(C)C)n2c(=O)c3c(nc12)-c1ccccc1C[C@@]3(C)CC. The zero-order valence-corrected chi connectivity index (χ0v) is 17.4. The average molecular weight is 383 g/mol. The van der Waals surface area contributed by atoms with Crippen LogP contribution in [0.1, 0.15) is 52.2 Å². The van der Waals surface area contributed by atoms with E-state index in [1.165, 1.54) is 5.56 Å². The Morgan fingerprint density at radius 3 is 2.67 bits per heavy atom. The van der Waals surface area contributed by atoms with E-state index >= 15 is 0 Å². The van der Waals surface area contributed by atoms with Gasteiger partial charge in [0.15, 0.2) is 5.16 Å². The number of nitrogens with zero attached hydrogens (tertiary/aromatic N) is 4. The number of aryl methyl sites for hydroxylation is 1. The Balaban J connectivity index is 2.13. The quantitative estimate of drug-likeness (QED) is 0.631. The fourth-order valence-electron chi connectivity index (χ4n) is 4.00. The Kier molecular flexibility index (Phi) is 4.41. The second kappa shape index (κ2) is 6.51. The predicted octanol–water partition coefficient (Wildman–Crippen LogP) is 4.30. The molecule has 1 aromatic carbocycles. The molecule has 3 aromatic rings. The number of thioether (sulfide) groups is 1. The monoisotopic (exact) mass is 382 g/mol. The largest absolute Gasteiger partial charge is 0.268 e. The molecule has 4 rings (SSSR count). The number of aromatic nitrogens is 4. The summed E-state index contributed by atoms with van der Waals surface area (Å²) in [6.07, 6.45) is 1.76. The maximum atomic E-state index is 13.7. The summed E-state index contributed by atoms with van der Waals surface area (Å²) in [6.45, 7) is 11.3. The Hall–Kier alpha value is -2.08. The normalized spacial score (nSPS) is 18.7. The molecule has 0 amide bonds. The third-order valence-corrected chi connectivity index (χ3v) is 6.52. The van der Waals surface area contributed by atoms with Crippen molar-refractivity contribution in [3.05, 3.63) is 45.7 Å². The van der Waals surface area contributed by atoms with E-state index in [-0.39, 0.29) is 11.0 Å². The third-order valence-electron chi connectivity index (χ3n) is 5.57. The highest BCUT2D eigenvalue weighted by Crippen LogP contribution is 2.42. The lowest BCUT2D eigenvalue weighted by atomic mass is 9.69. The number of hydrogen-bond acceptors (Lipinski definition) is 4. The molecule has 6 heteroatoms. The van der Waals surface area contributed by atoms with Crippen LogP contribution in [-0.2, 0) is 18.4 Å². The minimum absolute atomic E-state index is 0.0386. The summed E-state index contributed by atoms with van der Waals surface area (Å²) >= 11 is 1.61. The van der Waals surface area contributed by atoms with Crippen molar-refractivity contribution in [1.82, 2.24) is 19.2 Å². The smallest absolute Gasteiger partial charge is 0.265 e. The van der Waals surface area contributed by atoms with Gasteiger partial charge in [-0.2, -0.15) is 0 Å². The van der Waals surface area contributed by atoms with Crippen LogP contribution < -0.4 is 5.56 Å². The van der Waals surface area contributed by atoms with E-state index in [0.717, 1.165) is 34.8 Å². The van der Waals surface area contributed by atoms with Crippen LogP contribution in [0.3, 0.4) is 0 Å². The van der Waals surface area contributed by atoms with Gasteiger partial charge in [-0.05, 0) is 25.3 Å². The molecular formula is C21H26N4OS. The van der Waals surface area contributed by atoms with Gasteiger partial charge in [-0.1, -0.05) is 63.7 Å². The van der Waals surface area contributed by atoms with Gasteiger partial charge in [-0.3, -0.25) is 4.79 Å². The van der Waals surface area contributed by atoms with E-state index in [2.05, 4.69) is 51.0 Å². The number of hydrogen-bond donors (Lipinski definition) is 0. The molecular weight excluding hydrogens is 356 g/mol. The fraction of sp³-hybridized carbons (Fsp3) is 0.476. The molecule has 0 aliphatic heterocycles. The van der Waals surface area contributed by atoms with Gasteiger partial charge in [0.1, 0.15) is 0 Å². The molecule has 0 spiro atoms. The first-order chi connectivity index (χ1) is 12.9. The van der Waals surface area contributed by atoms with Crippen molar-refractivity contribution in [3.63, 3.8) is 0 Å². The van der Waals surface area contributed by atoms with Crippen molar-refractivity contribution in [2.24, 2.45) is 0 Å². The molecule has 1 aliphatic rings. The first kappa shape index (κ1) is 18.3. The molecule has 2 aromatic heterocycles. The molecule has 1 aliphatic carbocycles. The lowest BCUT2D eigenvalue weighted by Crippen LogP contribution is -2.38. The Labute approximate surface area is 163 Å². The maximum absolute atomic E-state index is 13.7. The highest BCUT2D eigenvalue weighted by molar-refractivity contribution is 7.99. The molecule has 0 N–H and O–H groups in total. The van der Waals surface area contributed by atoms with Crippen molar-refractivity contribution in [1.29, 1.82) is 0 Å². The zero-order valence-electron chi connectivity index (χ0n) is 16.6. The van der Waals surface area contributed by atoms with Crippen LogP contribution in [-0.4, -0.2) is 24.4 Å². The van der Waals surface area contributed by atoms with Gasteiger partial charge < -0.3 is 0 Å². The van der Waals surface area contributed by atoms with Crippen LogP contribution in [0, 0.1) is 0 Å². The van der Waals surface area contributed by atoms with Crippen LogP contribution in [0.25, 0.3) is 17.0 Å². The molecule has 0 bridgehead atoms. The minimum Gasteiger partial charge on any atom is -0.268 e. The molecule has 142 valence electrons. The summed E-state index contributed by atoms with van der Waals surface area (Å²) in [6, 6.07) is 8.34. The molecule has 0 fully saturated rings. The number of fused-ring (bicyclic) bond motifs is 4. The van der Waals surface area contributed by atoms with Gasteiger partial charge in [0.05, 0.1) is 11.3 Å². The summed E-state index contributed by atoms with van der Waals surface area (Å²) < 4.78 is 3.57. The van der Waals surface area contributed by atoms with Crippen molar-refractivity contribution >= 4 is 17.5 Å². The molecule has 0 radical (unpaired) electrons. The highest BCUT2D eigenvalue weighted by atomic mass is 32.2. The fourth-order valence-corrected chi connectivity index (χ4v) is 4.84. The summed E-state index contributed by atoms with van der Waals surface area (Å²) in [7, 11) is 0. The first-order valence-corrected chi connectivity index (χ1v) is 10.6. The molecule has 0 unspecified atom stereocenters. The van der Waals surface area contributed by atoms with Gasteiger partial charge in [0.25, 0.3) is 5.56 Å². The maximum Gasteiger partial charge on any atom is 0.265 e. The second-order valence-corrected chi connectivity index (χ2v) is 9.33. The van der Waals surface area contributed by atoms with E-state index in [4.69, 9.17) is 4.98 Å². The van der Waals surface area contributed by atoms with Crippen molar-refractivity contribution in [2.75, 3.05) is 0 Å². The van der Waals surface area contributed by atoms with E-state index in [9.17, 15) is 4.79 Å². The molecule has 0 saturated heterocycles. The second-order valence-electron chi connectivity index (χ2n) is 7.79.